The first-order valence-electron chi connectivity index (χ1n) is 2.62. The van der Waals surface area contributed by atoms with Crippen molar-refractivity contribution in [2.45, 2.75) is 6.73 Å². The van der Waals surface area contributed by atoms with Crippen molar-refractivity contribution in [2.24, 2.45) is 0 Å². The van der Waals surface area contributed by atoms with Gasteiger partial charge in [-0.1, -0.05) is 6.58 Å². The summed E-state index contributed by atoms with van der Waals surface area (Å²) >= 11 is 0. The van der Waals surface area contributed by atoms with Gasteiger partial charge in [0.05, 0.1) is 18.2 Å². The molecule has 1 heterocycles. The molecule has 0 unspecified atom stereocenters. The van der Waals surface area contributed by atoms with Gasteiger partial charge in [0.25, 0.3) is 0 Å². The smallest absolute Gasteiger partial charge is 0.121 e. The van der Waals surface area contributed by atoms with E-state index < -0.39 is 0 Å². The Bertz CT molecular complexity index is 205. The Morgan fingerprint density at radius 3 is 3.11 bits per heavy atom. The Morgan fingerprint density at radius 1 is 1.89 bits per heavy atom. The van der Waals surface area contributed by atoms with E-state index in [0.717, 1.165) is 5.69 Å². The van der Waals surface area contributed by atoms with Gasteiger partial charge in [-0.15, -0.1) is 0 Å². The highest BCUT2D eigenvalue weighted by molar-refractivity contribution is 5.40. The lowest BCUT2D eigenvalue weighted by Gasteiger charge is -1.95. The van der Waals surface area contributed by atoms with Gasteiger partial charge in [0.2, 0.25) is 0 Å². The molecule has 1 N–H and O–H groups in total. The maximum atomic E-state index is 8.61. The Hall–Kier alpha value is -1.09. The molecule has 48 valence electrons. The molecule has 1 aromatic heterocycles. The first-order valence-corrected chi connectivity index (χ1v) is 2.62. The Balaban J connectivity index is 2.98. The van der Waals surface area contributed by atoms with Crippen LogP contribution in [0.4, 0.5) is 0 Å². The summed E-state index contributed by atoms with van der Waals surface area (Å²) in [6.45, 7) is 3.50. The zero-order chi connectivity index (χ0) is 6.69. The SMILES string of the molecule is C=Cc1cncn1CO. The minimum absolute atomic E-state index is 0.0403. The maximum absolute atomic E-state index is 8.61. The van der Waals surface area contributed by atoms with Gasteiger partial charge in [0.1, 0.15) is 6.73 Å². The lowest BCUT2D eigenvalue weighted by Crippen LogP contribution is -1.95. The van der Waals surface area contributed by atoms with E-state index in [1.165, 1.54) is 0 Å². The maximum Gasteiger partial charge on any atom is 0.121 e. The number of aliphatic hydroxyl groups is 1. The third-order valence-electron chi connectivity index (χ3n) is 1.11. The Kier molecular flexibility index (Phi) is 1.65. The molecule has 0 saturated carbocycles. The molecule has 9 heavy (non-hydrogen) atoms. The third kappa shape index (κ3) is 1.000. The normalized spacial score (nSPS) is 9.44. The second kappa shape index (κ2) is 2.46. The molecule has 1 rings (SSSR count). The summed E-state index contributed by atoms with van der Waals surface area (Å²) in [6, 6.07) is 0. The van der Waals surface area contributed by atoms with E-state index in [-0.39, 0.29) is 6.73 Å². The van der Waals surface area contributed by atoms with Crippen LogP contribution in [0.1, 0.15) is 5.69 Å². The predicted octanol–water partition coefficient (Wildman–Crippen LogP) is 0.476. The van der Waals surface area contributed by atoms with Crippen LogP contribution in [0, 0.1) is 0 Å². The topological polar surface area (TPSA) is 38.0 Å². The van der Waals surface area contributed by atoms with E-state index in [1.54, 1.807) is 23.2 Å². The first-order chi connectivity index (χ1) is 4.38. The molecule has 3 heteroatoms. The van der Waals surface area contributed by atoms with Crippen molar-refractivity contribution in [3.8, 4) is 0 Å². The number of aliphatic hydroxyl groups excluding tert-OH is 1. The zero-order valence-electron chi connectivity index (χ0n) is 4.99. The largest absolute Gasteiger partial charge is 0.376 e. The molecule has 0 aliphatic carbocycles. The van der Waals surface area contributed by atoms with Crippen LogP contribution in [0.3, 0.4) is 0 Å². The second-order valence-electron chi connectivity index (χ2n) is 1.63. The van der Waals surface area contributed by atoms with Crippen molar-refractivity contribution in [2.75, 3.05) is 0 Å². The van der Waals surface area contributed by atoms with Crippen LogP contribution in [-0.2, 0) is 6.73 Å². The van der Waals surface area contributed by atoms with Crippen molar-refractivity contribution in [1.29, 1.82) is 0 Å². The van der Waals surface area contributed by atoms with Crippen LogP contribution >= 0.6 is 0 Å². The fraction of sp³-hybridized carbons (Fsp3) is 0.167. The molecule has 0 aliphatic heterocycles. The van der Waals surface area contributed by atoms with E-state index in [2.05, 4.69) is 11.6 Å². The van der Waals surface area contributed by atoms with Crippen LogP contribution in [0.5, 0.6) is 0 Å². The van der Waals surface area contributed by atoms with Gasteiger partial charge >= 0.3 is 0 Å². The van der Waals surface area contributed by atoms with Crippen LogP contribution in [0.15, 0.2) is 19.1 Å². The number of imidazole rings is 1. The van der Waals surface area contributed by atoms with Crippen molar-refractivity contribution >= 4 is 6.08 Å². The van der Waals surface area contributed by atoms with Crippen LogP contribution < -0.4 is 0 Å². The zero-order valence-corrected chi connectivity index (χ0v) is 4.99. The molecule has 0 atom stereocenters. The number of hydrogen-bond acceptors (Lipinski definition) is 2. The number of rotatable bonds is 2. The number of hydrogen-bond donors (Lipinski definition) is 1. The summed E-state index contributed by atoms with van der Waals surface area (Å²) in [4.78, 5) is 3.80. The van der Waals surface area contributed by atoms with E-state index >= 15 is 0 Å². The first kappa shape index (κ1) is 6.04. The van der Waals surface area contributed by atoms with Gasteiger partial charge in [0.15, 0.2) is 0 Å². The monoisotopic (exact) mass is 124 g/mol. The fourth-order valence-electron chi connectivity index (χ4n) is 0.619. The molecule has 3 nitrogen and oxygen atoms in total. The van der Waals surface area contributed by atoms with Crippen LogP contribution in [0.25, 0.3) is 6.08 Å². The molecule has 0 aromatic carbocycles. The van der Waals surface area contributed by atoms with Gasteiger partial charge in [0, 0.05) is 0 Å². The van der Waals surface area contributed by atoms with Gasteiger partial charge in [-0.2, -0.15) is 0 Å². The minimum atomic E-state index is -0.0403. The van der Waals surface area contributed by atoms with E-state index in [1.807, 2.05) is 0 Å². The van der Waals surface area contributed by atoms with E-state index in [4.69, 9.17) is 5.11 Å². The Labute approximate surface area is 53.3 Å². The van der Waals surface area contributed by atoms with Crippen molar-refractivity contribution in [3.63, 3.8) is 0 Å². The molecule has 0 aliphatic rings. The fourth-order valence-corrected chi connectivity index (χ4v) is 0.619. The average molecular weight is 124 g/mol. The van der Waals surface area contributed by atoms with Gasteiger partial charge in [-0.3, -0.25) is 0 Å². The molecular formula is C6H8N2O. The molecular weight excluding hydrogens is 116 g/mol. The summed E-state index contributed by atoms with van der Waals surface area (Å²) in [7, 11) is 0. The highest BCUT2D eigenvalue weighted by Gasteiger charge is 1.91. The average Bonchev–Trinajstić information content (AvgIpc) is 2.33. The van der Waals surface area contributed by atoms with E-state index in [0.29, 0.717) is 0 Å². The highest BCUT2D eigenvalue weighted by Crippen LogP contribution is 1.97. The van der Waals surface area contributed by atoms with Crippen molar-refractivity contribution in [3.05, 3.63) is 24.8 Å². The minimum Gasteiger partial charge on any atom is -0.376 e. The molecule has 0 spiro atoms. The third-order valence-corrected chi connectivity index (χ3v) is 1.11. The highest BCUT2D eigenvalue weighted by atomic mass is 16.3. The molecule has 0 radical (unpaired) electrons. The summed E-state index contributed by atoms with van der Waals surface area (Å²) < 4.78 is 1.59. The summed E-state index contributed by atoms with van der Waals surface area (Å²) in [5.74, 6) is 0. The summed E-state index contributed by atoms with van der Waals surface area (Å²) in [5, 5.41) is 8.61. The lowest BCUT2D eigenvalue weighted by molar-refractivity contribution is 0.209. The quantitative estimate of drug-likeness (QED) is 0.622. The van der Waals surface area contributed by atoms with Crippen LogP contribution in [0.2, 0.25) is 0 Å². The molecule has 0 bridgehead atoms. The summed E-state index contributed by atoms with van der Waals surface area (Å²) in [6.07, 6.45) is 4.84. The molecule has 0 amide bonds. The summed E-state index contributed by atoms with van der Waals surface area (Å²) in [5.41, 5.74) is 0.831. The van der Waals surface area contributed by atoms with Gasteiger partial charge in [-0.05, 0) is 6.08 Å². The second-order valence-corrected chi connectivity index (χ2v) is 1.63. The number of nitrogens with zero attached hydrogens (tertiary/aromatic N) is 2. The predicted molar refractivity (Wildman–Crippen MR) is 34.5 cm³/mol. The van der Waals surface area contributed by atoms with Gasteiger partial charge < -0.3 is 9.67 Å². The van der Waals surface area contributed by atoms with Crippen molar-refractivity contribution in [1.82, 2.24) is 9.55 Å². The standard InChI is InChI=1S/C6H8N2O/c1-2-6-3-7-4-8(6)5-9/h2-4,9H,1,5H2. The van der Waals surface area contributed by atoms with Crippen molar-refractivity contribution < 1.29 is 5.11 Å². The van der Waals surface area contributed by atoms with E-state index in [9.17, 15) is 0 Å². The molecule has 0 saturated heterocycles. The number of aromatic nitrogens is 2. The molecule has 1 aromatic rings. The molecule has 0 fully saturated rings. The lowest BCUT2D eigenvalue weighted by atomic mass is 10.5. The Morgan fingerprint density at radius 2 is 2.67 bits per heavy atom. The van der Waals surface area contributed by atoms with Gasteiger partial charge in [-0.25, -0.2) is 4.98 Å². The van der Waals surface area contributed by atoms with Crippen LogP contribution in [-0.4, -0.2) is 14.7 Å².